The van der Waals surface area contributed by atoms with Crippen molar-refractivity contribution in [3.8, 4) is 0 Å². The molecule has 1 aliphatic heterocycles. The van der Waals surface area contributed by atoms with Crippen LogP contribution >= 0.6 is 11.6 Å². The van der Waals surface area contributed by atoms with Crippen LogP contribution in [-0.2, 0) is 9.47 Å². The predicted octanol–water partition coefficient (Wildman–Crippen LogP) is 2.94. The Morgan fingerprint density at radius 3 is 2.95 bits per heavy atom. The molecular weight excluding hydrogens is 269 g/mol. The molecule has 1 saturated heterocycles. The average molecular weight is 288 g/mol. The van der Waals surface area contributed by atoms with Gasteiger partial charge in [-0.05, 0) is 24.6 Å². The van der Waals surface area contributed by atoms with E-state index in [2.05, 4.69) is 5.32 Å². The fourth-order valence-electron chi connectivity index (χ4n) is 2.26. The van der Waals surface area contributed by atoms with Crippen LogP contribution in [0.2, 0.25) is 5.02 Å². The van der Waals surface area contributed by atoms with E-state index in [1.54, 1.807) is 13.2 Å². The van der Waals surface area contributed by atoms with Gasteiger partial charge in [-0.3, -0.25) is 0 Å². The summed E-state index contributed by atoms with van der Waals surface area (Å²) in [5.74, 6) is -0.321. The van der Waals surface area contributed by atoms with E-state index in [-0.39, 0.29) is 17.5 Å². The van der Waals surface area contributed by atoms with Crippen LogP contribution in [0.15, 0.2) is 18.2 Å². The van der Waals surface area contributed by atoms with Crippen LogP contribution in [0.1, 0.15) is 24.9 Å². The van der Waals surface area contributed by atoms with E-state index in [1.807, 2.05) is 6.92 Å². The van der Waals surface area contributed by atoms with Crippen LogP contribution in [0.5, 0.6) is 0 Å². The van der Waals surface area contributed by atoms with Gasteiger partial charge in [-0.1, -0.05) is 17.7 Å². The Balaban J connectivity index is 1.99. The molecule has 2 unspecified atom stereocenters. The Hall–Kier alpha value is -0.680. The largest absolute Gasteiger partial charge is 0.378 e. The van der Waals surface area contributed by atoms with E-state index in [1.165, 1.54) is 12.1 Å². The standard InChI is InChI=1S/C14H19ClFNO2/c1-10(12-4-3-11(16)7-13(12)15)17-8-14(18-2)5-6-19-9-14/h3-4,7,10,17H,5-6,8-9H2,1-2H3. The van der Waals surface area contributed by atoms with E-state index in [9.17, 15) is 4.39 Å². The van der Waals surface area contributed by atoms with Crippen molar-refractivity contribution in [2.45, 2.75) is 25.0 Å². The third-order valence-electron chi connectivity index (χ3n) is 3.66. The molecule has 1 heterocycles. The first-order chi connectivity index (χ1) is 9.06. The number of rotatable bonds is 5. The van der Waals surface area contributed by atoms with E-state index in [4.69, 9.17) is 21.1 Å². The fraction of sp³-hybridized carbons (Fsp3) is 0.571. The quantitative estimate of drug-likeness (QED) is 0.903. The highest BCUT2D eigenvalue weighted by molar-refractivity contribution is 6.31. The Bertz CT molecular complexity index is 435. The Kier molecular flexibility index (Phi) is 4.79. The Morgan fingerprint density at radius 2 is 2.37 bits per heavy atom. The average Bonchev–Trinajstić information content (AvgIpc) is 2.85. The lowest BCUT2D eigenvalue weighted by molar-refractivity contribution is -0.0172. The van der Waals surface area contributed by atoms with Gasteiger partial charge in [-0.25, -0.2) is 4.39 Å². The first kappa shape index (κ1) is 14.7. The van der Waals surface area contributed by atoms with Crippen LogP contribution in [0.4, 0.5) is 4.39 Å². The van der Waals surface area contributed by atoms with Crippen molar-refractivity contribution in [2.24, 2.45) is 0 Å². The second-order valence-electron chi connectivity index (χ2n) is 4.96. The van der Waals surface area contributed by atoms with E-state index in [0.717, 1.165) is 18.6 Å². The van der Waals surface area contributed by atoms with Crippen LogP contribution in [0, 0.1) is 5.82 Å². The molecule has 106 valence electrons. The molecule has 0 aliphatic carbocycles. The third-order valence-corrected chi connectivity index (χ3v) is 3.99. The molecule has 0 aromatic heterocycles. The minimum Gasteiger partial charge on any atom is -0.378 e. The Morgan fingerprint density at radius 1 is 1.58 bits per heavy atom. The minimum atomic E-state index is -0.321. The van der Waals surface area contributed by atoms with Gasteiger partial charge in [-0.15, -0.1) is 0 Å². The van der Waals surface area contributed by atoms with Gasteiger partial charge < -0.3 is 14.8 Å². The van der Waals surface area contributed by atoms with Crippen LogP contribution < -0.4 is 5.32 Å². The van der Waals surface area contributed by atoms with Crippen LogP contribution in [0.3, 0.4) is 0 Å². The zero-order chi connectivity index (χ0) is 13.9. The maximum atomic E-state index is 13.0. The molecule has 0 radical (unpaired) electrons. The maximum Gasteiger partial charge on any atom is 0.124 e. The number of halogens is 2. The SMILES string of the molecule is COC1(CNC(C)c2ccc(F)cc2Cl)CCOC1. The summed E-state index contributed by atoms with van der Waals surface area (Å²) in [6.45, 7) is 4.00. The molecule has 0 saturated carbocycles. The van der Waals surface area contributed by atoms with Crippen LogP contribution in [-0.4, -0.2) is 32.5 Å². The van der Waals surface area contributed by atoms with E-state index >= 15 is 0 Å². The summed E-state index contributed by atoms with van der Waals surface area (Å²) in [7, 11) is 1.70. The zero-order valence-corrected chi connectivity index (χ0v) is 12.0. The number of hydrogen-bond acceptors (Lipinski definition) is 3. The van der Waals surface area contributed by atoms with Crippen molar-refractivity contribution in [1.29, 1.82) is 0 Å². The highest BCUT2D eigenvalue weighted by Gasteiger charge is 2.35. The lowest BCUT2D eigenvalue weighted by atomic mass is 10.0. The highest BCUT2D eigenvalue weighted by Crippen LogP contribution is 2.26. The molecule has 0 amide bonds. The number of hydrogen-bond donors (Lipinski definition) is 1. The second kappa shape index (κ2) is 6.18. The molecule has 1 aliphatic rings. The molecule has 2 atom stereocenters. The number of benzene rings is 1. The molecular formula is C14H19ClFNO2. The Labute approximate surface area is 118 Å². The monoisotopic (exact) mass is 287 g/mol. The van der Waals surface area contributed by atoms with Crippen molar-refractivity contribution in [3.63, 3.8) is 0 Å². The molecule has 0 spiro atoms. The minimum absolute atomic E-state index is 0.0284. The van der Waals surface area contributed by atoms with Gasteiger partial charge in [0.1, 0.15) is 11.4 Å². The summed E-state index contributed by atoms with van der Waals surface area (Å²) in [5.41, 5.74) is 0.619. The fourth-order valence-corrected chi connectivity index (χ4v) is 2.59. The number of nitrogens with one attached hydrogen (secondary N) is 1. The van der Waals surface area contributed by atoms with Gasteiger partial charge in [0.15, 0.2) is 0 Å². The van der Waals surface area contributed by atoms with Crippen molar-refractivity contribution in [3.05, 3.63) is 34.6 Å². The summed E-state index contributed by atoms with van der Waals surface area (Å²) in [4.78, 5) is 0. The summed E-state index contributed by atoms with van der Waals surface area (Å²) >= 11 is 6.05. The molecule has 5 heteroatoms. The summed E-state index contributed by atoms with van der Waals surface area (Å²) < 4.78 is 24.0. The molecule has 3 nitrogen and oxygen atoms in total. The number of ether oxygens (including phenoxy) is 2. The second-order valence-corrected chi connectivity index (χ2v) is 5.37. The number of methoxy groups -OCH3 is 1. The molecule has 19 heavy (non-hydrogen) atoms. The lowest BCUT2D eigenvalue weighted by Crippen LogP contribution is -2.43. The van der Waals surface area contributed by atoms with Crippen molar-refractivity contribution < 1.29 is 13.9 Å². The van der Waals surface area contributed by atoms with Gasteiger partial charge in [0.2, 0.25) is 0 Å². The van der Waals surface area contributed by atoms with Gasteiger partial charge in [0, 0.05) is 37.7 Å². The topological polar surface area (TPSA) is 30.5 Å². The van der Waals surface area contributed by atoms with Gasteiger partial charge in [0.05, 0.1) is 6.61 Å². The molecule has 0 bridgehead atoms. The smallest absolute Gasteiger partial charge is 0.124 e. The normalized spacial score (nSPS) is 24.6. The molecule has 1 N–H and O–H groups in total. The first-order valence-corrected chi connectivity index (χ1v) is 6.75. The van der Waals surface area contributed by atoms with Crippen molar-refractivity contribution >= 4 is 11.6 Å². The molecule has 1 fully saturated rings. The predicted molar refractivity (Wildman–Crippen MR) is 73.0 cm³/mol. The van der Waals surface area contributed by atoms with E-state index < -0.39 is 0 Å². The van der Waals surface area contributed by atoms with Crippen molar-refractivity contribution in [1.82, 2.24) is 5.32 Å². The molecule has 1 aromatic carbocycles. The van der Waals surface area contributed by atoms with Crippen molar-refractivity contribution in [2.75, 3.05) is 26.9 Å². The summed E-state index contributed by atoms with van der Waals surface area (Å²) in [5, 5.41) is 3.82. The third kappa shape index (κ3) is 3.45. The molecule has 2 rings (SSSR count). The van der Waals surface area contributed by atoms with E-state index in [0.29, 0.717) is 18.2 Å². The van der Waals surface area contributed by atoms with Gasteiger partial charge >= 0.3 is 0 Å². The van der Waals surface area contributed by atoms with Gasteiger partial charge in [-0.2, -0.15) is 0 Å². The molecule has 1 aromatic rings. The van der Waals surface area contributed by atoms with Crippen LogP contribution in [0.25, 0.3) is 0 Å². The maximum absolute atomic E-state index is 13.0. The summed E-state index contributed by atoms with van der Waals surface area (Å²) in [6, 6.07) is 4.49. The van der Waals surface area contributed by atoms with Gasteiger partial charge in [0.25, 0.3) is 0 Å². The highest BCUT2D eigenvalue weighted by atomic mass is 35.5. The zero-order valence-electron chi connectivity index (χ0n) is 11.2. The lowest BCUT2D eigenvalue weighted by Gasteiger charge is -2.28. The first-order valence-electron chi connectivity index (χ1n) is 6.37. The summed E-state index contributed by atoms with van der Waals surface area (Å²) in [6.07, 6.45) is 0.875.